The molecule has 2 saturated carbocycles. The smallest absolute Gasteiger partial charge is 0.227 e. The Kier molecular flexibility index (Phi) is 4.59. The van der Waals surface area contributed by atoms with Crippen LogP contribution in [0, 0.1) is 5.41 Å². The molecule has 0 radical (unpaired) electrons. The number of nitrogens with one attached hydrogen (secondary N) is 1. The van der Waals surface area contributed by atoms with Crippen LogP contribution >= 0.6 is 11.8 Å². The van der Waals surface area contributed by atoms with Crippen LogP contribution in [0.5, 0.6) is 0 Å². The van der Waals surface area contributed by atoms with E-state index in [9.17, 15) is 4.79 Å². The monoisotopic (exact) mass is 270 g/mol. The van der Waals surface area contributed by atoms with E-state index >= 15 is 0 Å². The Morgan fingerprint density at radius 2 is 1.83 bits per heavy atom. The summed E-state index contributed by atoms with van der Waals surface area (Å²) in [4.78, 5) is 12.3. The van der Waals surface area contributed by atoms with Crippen LogP contribution in [-0.4, -0.2) is 30.0 Å². The second kappa shape index (κ2) is 5.83. The van der Waals surface area contributed by atoms with E-state index < -0.39 is 0 Å². The Bertz CT molecular complexity index is 291. The fourth-order valence-corrected chi connectivity index (χ4v) is 4.12. The van der Waals surface area contributed by atoms with Gasteiger partial charge in [-0.2, -0.15) is 11.8 Å². The number of hydrogen-bond donors (Lipinski definition) is 2. The van der Waals surface area contributed by atoms with Crippen molar-refractivity contribution >= 4 is 17.7 Å². The van der Waals surface area contributed by atoms with Crippen molar-refractivity contribution in [1.82, 2.24) is 5.32 Å². The number of carbonyl (C=O) groups excluding carboxylic acids is 1. The van der Waals surface area contributed by atoms with E-state index in [1.807, 2.05) is 11.8 Å². The zero-order chi connectivity index (χ0) is 13.1. The molecule has 0 spiro atoms. The number of rotatable bonds is 5. The van der Waals surface area contributed by atoms with Gasteiger partial charge in [-0.15, -0.1) is 0 Å². The second-order valence-electron chi connectivity index (χ2n) is 5.97. The minimum Gasteiger partial charge on any atom is -0.354 e. The third-order valence-electron chi connectivity index (χ3n) is 4.95. The van der Waals surface area contributed by atoms with Crippen molar-refractivity contribution in [3.05, 3.63) is 0 Å². The molecule has 0 bridgehead atoms. The Morgan fingerprint density at radius 1 is 1.17 bits per heavy atom. The first-order valence-electron chi connectivity index (χ1n) is 7.20. The van der Waals surface area contributed by atoms with Gasteiger partial charge in [-0.25, -0.2) is 0 Å². The molecule has 0 aromatic rings. The average Bonchev–Trinajstić information content (AvgIpc) is 2.37. The predicted octanol–water partition coefficient (Wildman–Crippen LogP) is 2.30. The van der Waals surface area contributed by atoms with Crippen molar-refractivity contribution in [2.45, 2.75) is 56.1 Å². The summed E-state index contributed by atoms with van der Waals surface area (Å²) in [5.41, 5.74) is 5.55. The molecule has 4 heteroatoms. The van der Waals surface area contributed by atoms with Crippen molar-refractivity contribution in [3.63, 3.8) is 0 Å². The van der Waals surface area contributed by atoms with Crippen molar-refractivity contribution in [2.24, 2.45) is 11.1 Å². The number of carbonyl (C=O) groups is 1. The van der Waals surface area contributed by atoms with Gasteiger partial charge in [0.2, 0.25) is 5.91 Å². The van der Waals surface area contributed by atoms with Crippen LogP contribution in [0.2, 0.25) is 0 Å². The number of amides is 1. The van der Waals surface area contributed by atoms with Gasteiger partial charge in [0.05, 0.1) is 5.41 Å². The standard InChI is InChI=1S/C14H26N2OS/c1-18-14(8-3-2-4-9-14)11-16-12(17)13(10-15)6-5-7-13/h2-11,15H2,1H3,(H,16,17). The molecule has 0 heterocycles. The summed E-state index contributed by atoms with van der Waals surface area (Å²) >= 11 is 1.93. The van der Waals surface area contributed by atoms with Crippen LogP contribution in [0.15, 0.2) is 0 Å². The lowest BCUT2D eigenvalue weighted by Crippen LogP contribution is -2.53. The molecular weight excluding hydrogens is 244 g/mol. The summed E-state index contributed by atoms with van der Waals surface area (Å²) in [5.74, 6) is 0.204. The highest BCUT2D eigenvalue weighted by atomic mass is 32.2. The van der Waals surface area contributed by atoms with Gasteiger partial charge in [-0.1, -0.05) is 25.7 Å². The maximum atomic E-state index is 12.3. The first kappa shape index (κ1) is 14.2. The maximum Gasteiger partial charge on any atom is 0.227 e. The molecule has 2 rings (SSSR count). The molecule has 2 aliphatic carbocycles. The van der Waals surface area contributed by atoms with Gasteiger partial charge < -0.3 is 11.1 Å². The molecule has 104 valence electrons. The van der Waals surface area contributed by atoms with Gasteiger partial charge in [0.1, 0.15) is 0 Å². The molecule has 0 aliphatic heterocycles. The van der Waals surface area contributed by atoms with E-state index in [1.54, 1.807) is 0 Å². The van der Waals surface area contributed by atoms with Crippen molar-refractivity contribution in [1.29, 1.82) is 0 Å². The molecule has 0 aromatic heterocycles. The fraction of sp³-hybridized carbons (Fsp3) is 0.929. The van der Waals surface area contributed by atoms with Gasteiger partial charge in [-0.3, -0.25) is 4.79 Å². The van der Waals surface area contributed by atoms with Gasteiger partial charge in [-0.05, 0) is 31.9 Å². The summed E-state index contributed by atoms with van der Waals surface area (Å²) in [6.45, 7) is 1.33. The minimum absolute atomic E-state index is 0.204. The molecule has 1 amide bonds. The molecule has 3 N–H and O–H groups in total. The molecule has 0 atom stereocenters. The molecule has 3 nitrogen and oxygen atoms in total. The summed E-state index contributed by atoms with van der Waals surface area (Å²) in [6.07, 6.45) is 11.7. The molecule has 0 aromatic carbocycles. The molecule has 2 fully saturated rings. The van der Waals surface area contributed by atoms with E-state index in [1.165, 1.54) is 32.1 Å². The summed E-state index contributed by atoms with van der Waals surface area (Å²) in [6, 6.07) is 0. The lowest BCUT2D eigenvalue weighted by Gasteiger charge is -2.41. The third kappa shape index (κ3) is 2.69. The second-order valence-corrected chi connectivity index (χ2v) is 7.24. The molecular formula is C14H26N2OS. The van der Waals surface area contributed by atoms with E-state index in [-0.39, 0.29) is 16.1 Å². The highest BCUT2D eigenvalue weighted by Crippen LogP contribution is 2.41. The number of thioether (sulfide) groups is 1. The zero-order valence-corrected chi connectivity index (χ0v) is 12.3. The molecule has 2 aliphatic rings. The van der Waals surface area contributed by atoms with Crippen molar-refractivity contribution in [2.75, 3.05) is 19.3 Å². The van der Waals surface area contributed by atoms with Crippen LogP contribution < -0.4 is 11.1 Å². The highest BCUT2D eigenvalue weighted by Gasteiger charge is 2.43. The van der Waals surface area contributed by atoms with Crippen LogP contribution in [0.1, 0.15) is 51.4 Å². The lowest BCUT2D eigenvalue weighted by atomic mass is 9.68. The molecule has 0 unspecified atom stereocenters. The average molecular weight is 270 g/mol. The summed E-state index contributed by atoms with van der Waals surface area (Å²) < 4.78 is 0.285. The SMILES string of the molecule is CSC1(CNC(=O)C2(CN)CCC2)CCCCC1. The highest BCUT2D eigenvalue weighted by molar-refractivity contribution is 8.00. The first-order valence-corrected chi connectivity index (χ1v) is 8.42. The van der Waals surface area contributed by atoms with E-state index in [0.717, 1.165) is 25.8 Å². The maximum absolute atomic E-state index is 12.3. The summed E-state index contributed by atoms with van der Waals surface area (Å²) in [5, 5.41) is 3.20. The molecule has 0 saturated heterocycles. The number of nitrogens with two attached hydrogens (primary N) is 1. The van der Waals surface area contributed by atoms with E-state index in [4.69, 9.17) is 5.73 Å². The van der Waals surface area contributed by atoms with Crippen LogP contribution in [0.4, 0.5) is 0 Å². The Morgan fingerprint density at radius 3 is 2.28 bits per heavy atom. The minimum atomic E-state index is -0.228. The molecule has 18 heavy (non-hydrogen) atoms. The van der Waals surface area contributed by atoms with Crippen LogP contribution in [-0.2, 0) is 4.79 Å². The fourth-order valence-electron chi connectivity index (χ4n) is 3.21. The topological polar surface area (TPSA) is 55.1 Å². The van der Waals surface area contributed by atoms with Gasteiger partial charge in [0.25, 0.3) is 0 Å². The predicted molar refractivity (Wildman–Crippen MR) is 77.7 cm³/mol. The number of hydrogen-bond acceptors (Lipinski definition) is 3. The van der Waals surface area contributed by atoms with E-state index in [2.05, 4.69) is 11.6 Å². The Hall–Kier alpha value is -0.220. The van der Waals surface area contributed by atoms with Crippen molar-refractivity contribution in [3.8, 4) is 0 Å². The summed E-state index contributed by atoms with van der Waals surface area (Å²) in [7, 11) is 0. The van der Waals surface area contributed by atoms with Crippen LogP contribution in [0.25, 0.3) is 0 Å². The normalized spacial score (nSPS) is 25.2. The zero-order valence-electron chi connectivity index (χ0n) is 11.5. The van der Waals surface area contributed by atoms with Crippen molar-refractivity contribution < 1.29 is 4.79 Å². The largest absolute Gasteiger partial charge is 0.354 e. The quantitative estimate of drug-likeness (QED) is 0.806. The van der Waals surface area contributed by atoms with Gasteiger partial charge in [0, 0.05) is 17.8 Å². The Labute approximate surface area is 115 Å². The lowest BCUT2D eigenvalue weighted by molar-refractivity contribution is -0.135. The van der Waals surface area contributed by atoms with E-state index in [0.29, 0.717) is 6.54 Å². The Balaban J connectivity index is 1.87. The first-order chi connectivity index (χ1) is 8.66. The third-order valence-corrected chi connectivity index (χ3v) is 6.37. The van der Waals surface area contributed by atoms with Gasteiger partial charge in [0.15, 0.2) is 0 Å². The van der Waals surface area contributed by atoms with Crippen LogP contribution in [0.3, 0.4) is 0 Å². The van der Waals surface area contributed by atoms with Gasteiger partial charge >= 0.3 is 0 Å².